The fourth-order valence-corrected chi connectivity index (χ4v) is 4.37. The molecule has 0 radical (unpaired) electrons. The molecule has 8 nitrogen and oxygen atoms in total. The van der Waals surface area contributed by atoms with Gasteiger partial charge in [0.15, 0.2) is 11.5 Å². The van der Waals surface area contributed by atoms with Crippen molar-refractivity contribution >= 4 is 12.0 Å². The van der Waals surface area contributed by atoms with Crippen LogP contribution in [0.4, 0.5) is 4.79 Å². The number of nitrogens with one attached hydrogen (secondary N) is 1. The highest BCUT2D eigenvalue weighted by Crippen LogP contribution is 2.36. The number of urea groups is 1. The van der Waals surface area contributed by atoms with Crippen LogP contribution in [0.25, 0.3) is 0 Å². The van der Waals surface area contributed by atoms with Gasteiger partial charge in [-0.25, -0.2) is 9.59 Å². The minimum atomic E-state index is -0.636. The standard InChI is InChI=1S/C24H35N3O5/c1-6-27-18(15-26-12-10-16(3)11-13-26)21(23(28)32-7-2)22(25-24(27)29)17-8-9-19(30-4)20(14-17)31-5/h8-9,14,16,22H,6-7,10-13,15H2,1-5H3,(H,25,29)/t22-/m1/s1. The number of piperidine rings is 1. The summed E-state index contributed by atoms with van der Waals surface area (Å²) in [7, 11) is 3.13. The van der Waals surface area contributed by atoms with Crippen LogP contribution in [-0.2, 0) is 9.53 Å². The maximum absolute atomic E-state index is 13.2. The second-order valence-corrected chi connectivity index (χ2v) is 8.28. The predicted octanol–water partition coefficient (Wildman–Crippen LogP) is 3.34. The normalized spacial score (nSPS) is 20.2. The number of amides is 2. The number of carbonyl (C=O) groups excluding carboxylic acids is 2. The van der Waals surface area contributed by atoms with Crippen LogP contribution < -0.4 is 14.8 Å². The van der Waals surface area contributed by atoms with Gasteiger partial charge in [-0.1, -0.05) is 13.0 Å². The molecule has 2 aliphatic rings. The summed E-state index contributed by atoms with van der Waals surface area (Å²) in [6.45, 7) is 9.11. The molecule has 1 fully saturated rings. The summed E-state index contributed by atoms with van der Waals surface area (Å²) < 4.78 is 16.2. The van der Waals surface area contributed by atoms with Crippen molar-refractivity contribution < 1.29 is 23.8 Å². The Balaban J connectivity index is 2.08. The Bertz CT molecular complexity index is 861. The molecule has 1 aromatic carbocycles. The Morgan fingerprint density at radius 1 is 1.12 bits per heavy atom. The second kappa shape index (κ2) is 10.7. The number of nitrogens with zero attached hydrogens (tertiary/aromatic N) is 2. The van der Waals surface area contributed by atoms with Crippen LogP contribution in [0.15, 0.2) is 29.5 Å². The van der Waals surface area contributed by atoms with Crippen molar-refractivity contribution in [3.05, 3.63) is 35.0 Å². The monoisotopic (exact) mass is 445 g/mol. The summed E-state index contributed by atoms with van der Waals surface area (Å²) in [5.41, 5.74) is 1.92. The van der Waals surface area contributed by atoms with Crippen LogP contribution in [0.3, 0.4) is 0 Å². The number of rotatable bonds is 8. The van der Waals surface area contributed by atoms with Crippen LogP contribution in [0.2, 0.25) is 0 Å². The van der Waals surface area contributed by atoms with Gasteiger partial charge in [0.25, 0.3) is 0 Å². The predicted molar refractivity (Wildman–Crippen MR) is 122 cm³/mol. The van der Waals surface area contributed by atoms with Crippen molar-refractivity contribution in [1.29, 1.82) is 0 Å². The summed E-state index contributed by atoms with van der Waals surface area (Å²) >= 11 is 0. The molecule has 8 heteroatoms. The fraction of sp³-hybridized carbons (Fsp3) is 0.583. The van der Waals surface area contributed by atoms with Gasteiger partial charge < -0.3 is 19.5 Å². The van der Waals surface area contributed by atoms with E-state index in [1.165, 1.54) is 0 Å². The number of likely N-dealkylation sites (N-methyl/N-ethyl adjacent to an activating group) is 1. The highest BCUT2D eigenvalue weighted by Gasteiger charge is 2.38. The third kappa shape index (κ3) is 5.01. The van der Waals surface area contributed by atoms with E-state index in [4.69, 9.17) is 14.2 Å². The number of hydrogen-bond donors (Lipinski definition) is 1. The number of methoxy groups -OCH3 is 2. The first kappa shape index (κ1) is 23.9. The van der Waals surface area contributed by atoms with Crippen molar-refractivity contribution in [2.24, 2.45) is 5.92 Å². The molecule has 176 valence electrons. The van der Waals surface area contributed by atoms with Crippen molar-refractivity contribution in [2.75, 3.05) is 47.0 Å². The molecule has 0 aromatic heterocycles. The number of carbonyl (C=O) groups is 2. The topological polar surface area (TPSA) is 80.3 Å². The molecule has 2 aliphatic heterocycles. The highest BCUT2D eigenvalue weighted by atomic mass is 16.5. The number of ether oxygens (including phenoxy) is 3. The van der Waals surface area contributed by atoms with Gasteiger partial charge in [-0.05, 0) is 63.4 Å². The first-order chi connectivity index (χ1) is 15.4. The molecule has 1 saturated heterocycles. The lowest BCUT2D eigenvalue weighted by molar-refractivity contribution is -0.139. The maximum Gasteiger partial charge on any atom is 0.338 e. The first-order valence-electron chi connectivity index (χ1n) is 11.4. The molecule has 1 aromatic rings. The Kier molecular flexibility index (Phi) is 8.01. The van der Waals surface area contributed by atoms with Crippen molar-refractivity contribution in [3.63, 3.8) is 0 Å². The summed E-state index contributed by atoms with van der Waals surface area (Å²) in [6, 6.07) is 4.56. The maximum atomic E-state index is 13.2. The SMILES string of the molecule is CCOC(=O)C1=C(CN2CCC(C)CC2)N(CC)C(=O)N[C@@H]1c1ccc(OC)c(OC)c1. The van der Waals surface area contributed by atoms with Crippen LogP contribution in [0.5, 0.6) is 11.5 Å². The van der Waals surface area contributed by atoms with Gasteiger partial charge >= 0.3 is 12.0 Å². The Morgan fingerprint density at radius 3 is 2.41 bits per heavy atom. The summed E-state index contributed by atoms with van der Waals surface area (Å²) in [5, 5.41) is 3.00. The third-order valence-corrected chi connectivity index (χ3v) is 6.24. The molecule has 0 spiro atoms. The van der Waals surface area contributed by atoms with Crippen LogP contribution >= 0.6 is 0 Å². The largest absolute Gasteiger partial charge is 0.493 e. The molecular formula is C24H35N3O5. The Hall–Kier alpha value is -2.74. The number of likely N-dealkylation sites (tertiary alicyclic amines) is 1. The zero-order valence-electron chi connectivity index (χ0n) is 19.8. The molecule has 32 heavy (non-hydrogen) atoms. The molecule has 2 heterocycles. The van der Waals surface area contributed by atoms with E-state index >= 15 is 0 Å². The molecule has 2 amide bonds. The van der Waals surface area contributed by atoms with Crippen molar-refractivity contribution in [3.8, 4) is 11.5 Å². The van der Waals surface area contributed by atoms with E-state index in [1.807, 2.05) is 13.0 Å². The molecule has 0 bridgehead atoms. The minimum absolute atomic E-state index is 0.222. The molecule has 0 saturated carbocycles. The van der Waals surface area contributed by atoms with Gasteiger partial charge in [0.2, 0.25) is 0 Å². The quantitative estimate of drug-likeness (QED) is 0.618. The van der Waals surface area contributed by atoms with Crippen LogP contribution in [0.1, 0.15) is 45.2 Å². The number of benzene rings is 1. The van der Waals surface area contributed by atoms with E-state index in [0.29, 0.717) is 41.8 Å². The second-order valence-electron chi connectivity index (χ2n) is 8.28. The van der Waals surface area contributed by atoms with Gasteiger partial charge in [0.05, 0.1) is 32.4 Å². The first-order valence-corrected chi connectivity index (χ1v) is 11.4. The van der Waals surface area contributed by atoms with Crippen molar-refractivity contribution in [2.45, 2.75) is 39.7 Å². The van der Waals surface area contributed by atoms with Gasteiger partial charge in [-0.2, -0.15) is 0 Å². The number of esters is 1. The van der Waals surface area contributed by atoms with Crippen LogP contribution in [-0.4, -0.2) is 68.8 Å². The lowest BCUT2D eigenvalue weighted by atomic mass is 9.93. The smallest absolute Gasteiger partial charge is 0.338 e. The van der Waals surface area contributed by atoms with Gasteiger partial charge in [-0.15, -0.1) is 0 Å². The lowest BCUT2D eigenvalue weighted by Crippen LogP contribution is -2.51. The zero-order chi connectivity index (χ0) is 23.3. The van der Waals surface area contributed by atoms with Gasteiger partial charge in [-0.3, -0.25) is 9.80 Å². The molecule has 0 aliphatic carbocycles. The Labute approximate surface area is 190 Å². The number of hydrogen-bond acceptors (Lipinski definition) is 6. The highest BCUT2D eigenvalue weighted by molar-refractivity contribution is 5.95. The molecule has 1 atom stereocenters. The van der Waals surface area contributed by atoms with E-state index in [2.05, 4.69) is 17.1 Å². The van der Waals surface area contributed by atoms with E-state index in [9.17, 15) is 9.59 Å². The molecule has 3 rings (SSSR count). The van der Waals surface area contributed by atoms with E-state index < -0.39 is 12.0 Å². The Morgan fingerprint density at radius 2 is 1.81 bits per heavy atom. The fourth-order valence-electron chi connectivity index (χ4n) is 4.37. The van der Waals surface area contributed by atoms with Crippen molar-refractivity contribution in [1.82, 2.24) is 15.1 Å². The molecule has 1 N–H and O–H groups in total. The summed E-state index contributed by atoms with van der Waals surface area (Å²) in [4.78, 5) is 30.2. The average Bonchev–Trinajstić information content (AvgIpc) is 2.80. The lowest BCUT2D eigenvalue weighted by Gasteiger charge is -2.39. The van der Waals surface area contributed by atoms with E-state index in [1.54, 1.807) is 38.2 Å². The summed E-state index contributed by atoms with van der Waals surface area (Å²) in [5.74, 6) is 1.40. The van der Waals surface area contributed by atoms with Gasteiger partial charge in [0.1, 0.15) is 0 Å². The zero-order valence-corrected chi connectivity index (χ0v) is 19.8. The minimum Gasteiger partial charge on any atom is -0.493 e. The average molecular weight is 446 g/mol. The molecule has 0 unspecified atom stereocenters. The van der Waals surface area contributed by atoms with Crippen LogP contribution in [0, 0.1) is 5.92 Å². The third-order valence-electron chi connectivity index (χ3n) is 6.24. The van der Waals surface area contributed by atoms with E-state index in [0.717, 1.165) is 31.5 Å². The van der Waals surface area contributed by atoms with Gasteiger partial charge in [0, 0.05) is 18.8 Å². The molecular weight excluding hydrogens is 410 g/mol. The summed E-state index contributed by atoms with van der Waals surface area (Å²) in [6.07, 6.45) is 2.22. The van der Waals surface area contributed by atoms with E-state index in [-0.39, 0.29) is 12.6 Å².